The van der Waals surface area contributed by atoms with Gasteiger partial charge in [-0.25, -0.2) is 0 Å². The molecule has 0 radical (unpaired) electrons. The summed E-state index contributed by atoms with van der Waals surface area (Å²) < 4.78 is 0. The Hall–Kier alpha value is -0.890. The van der Waals surface area contributed by atoms with Crippen LogP contribution in [0.5, 0.6) is 0 Å². The Balaban J connectivity index is 2.89. The zero-order valence-electron chi connectivity index (χ0n) is 12.4. The van der Waals surface area contributed by atoms with Gasteiger partial charge < -0.3 is 5.32 Å². The third-order valence-corrected chi connectivity index (χ3v) is 3.81. The average molecular weight is 248 g/mol. The molecule has 1 aromatic rings. The van der Waals surface area contributed by atoms with Crippen molar-refractivity contribution in [1.29, 1.82) is 0 Å². The smallest absolute Gasteiger partial charge is 0.0605 e. The van der Waals surface area contributed by atoms with Gasteiger partial charge >= 0.3 is 0 Å². The molecule has 0 aliphatic rings. The van der Waals surface area contributed by atoms with Crippen LogP contribution in [0.25, 0.3) is 0 Å². The van der Waals surface area contributed by atoms with Gasteiger partial charge in [0.05, 0.1) is 11.7 Å². The summed E-state index contributed by atoms with van der Waals surface area (Å²) in [6, 6.07) is 4.67. The van der Waals surface area contributed by atoms with Gasteiger partial charge in [0.2, 0.25) is 0 Å². The summed E-state index contributed by atoms with van der Waals surface area (Å²) in [5.74, 6) is 0.792. The van der Waals surface area contributed by atoms with E-state index in [0.29, 0.717) is 6.04 Å². The SMILES string of the molecule is CCNC(CC(CC)CC)c1ncccc1CC. The molecule has 0 saturated carbocycles. The van der Waals surface area contributed by atoms with Gasteiger partial charge in [0.25, 0.3) is 0 Å². The quantitative estimate of drug-likeness (QED) is 0.748. The Kier molecular flexibility index (Phi) is 6.96. The van der Waals surface area contributed by atoms with Crippen molar-refractivity contribution in [2.24, 2.45) is 5.92 Å². The molecule has 0 aromatic carbocycles. The zero-order valence-corrected chi connectivity index (χ0v) is 12.4. The lowest BCUT2D eigenvalue weighted by atomic mass is 9.91. The molecule has 1 rings (SSSR count). The minimum atomic E-state index is 0.413. The topological polar surface area (TPSA) is 24.9 Å². The number of aryl methyl sites for hydroxylation is 1. The van der Waals surface area contributed by atoms with E-state index in [-0.39, 0.29) is 0 Å². The first kappa shape index (κ1) is 15.2. The summed E-state index contributed by atoms with van der Waals surface area (Å²) in [6.07, 6.45) is 6.70. The number of rotatable bonds is 8. The fraction of sp³-hybridized carbons (Fsp3) is 0.688. The molecule has 2 nitrogen and oxygen atoms in total. The van der Waals surface area contributed by atoms with Crippen LogP contribution in [0.15, 0.2) is 18.3 Å². The Morgan fingerprint density at radius 3 is 2.44 bits per heavy atom. The summed E-state index contributed by atoms with van der Waals surface area (Å²) >= 11 is 0. The normalized spacial score (nSPS) is 12.9. The van der Waals surface area contributed by atoms with E-state index in [4.69, 9.17) is 0 Å². The first-order valence-corrected chi connectivity index (χ1v) is 7.43. The number of nitrogens with one attached hydrogen (secondary N) is 1. The van der Waals surface area contributed by atoms with Crippen LogP contribution < -0.4 is 5.32 Å². The zero-order chi connectivity index (χ0) is 13.4. The minimum absolute atomic E-state index is 0.413. The fourth-order valence-corrected chi connectivity index (χ4v) is 2.56. The van der Waals surface area contributed by atoms with Crippen LogP contribution in [-0.2, 0) is 6.42 Å². The van der Waals surface area contributed by atoms with Crippen molar-refractivity contribution in [2.75, 3.05) is 6.54 Å². The van der Waals surface area contributed by atoms with E-state index in [1.165, 1.54) is 30.5 Å². The number of hydrogen-bond acceptors (Lipinski definition) is 2. The van der Waals surface area contributed by atoms with Crippen LogP contribution >= 0.6 is 0 Å². The largest absolute Gasteiger partial charge is 0.309 e. The molecule has 1 unspecified atom stereocenters. The maximum absolute atomic E-state index is 4.63. The molecule has 1 atom stereocenters. The van der Waals surface area contributed by atoms with Crippen molar-refractivity contribution in [2.45, 2.75) is 59.4 Å². The van der Waals surface area contributed by atoms with E-state index in [1.54, 1.807) is 0 Å². The molecule has 1 heterocycles. The molecule has 102 valence electrons. The molecular weight excluding hydrogens is 220 g/mol. The molecular formula is C16H28N2. The van der Waals surface area contributed by atoms with E-state index in [9.17, 15) is 0 Å². The van der Waals surface area contributed by atoms with Gasteiger partial charge in [-0.05, 0) is 36.9 Å². The third kappa shape index (κ3) is 4.09. The highest BCUT2D eigenvalue weighted by atomic mass is 14.9. The highest BCUT2D eigenvalue weighted by molar-refractivity contribution is 5.23. The van der Waals surface area contributed by atoms with Crippen molar-refractivity contribution in [3.05, 3.63) is 29.6 Å². The molecule has 0 aliphatic heterocycles. The van der Waals surface area contributed by atoms with Gasteiger partial charge in [-0.1, -0.05) is 46.6 Å². The number of nitrogens with zero attached hydrogens (tertiary/aromatic N) is 1. The summed E-state index contributed by atoms with van der Waals surface area (Å²) in [6.45, 7) is 9.96. The standard InChI is InChI=1S/C16H28N2/c1-5-13(6-2)12-15(17-8-4)16-14(7-3)10-9-11-18-16/h9-11,13,15,17H,5-8,12H2,1-4H3. The maximum atomic E-state index is 4.63. The van der Waals surface area contributed by atoms with E-state index in [1.807, 2.05) is 12.3 Å². The predicted octanol–water partition coefficient (Wildman–Crippen LogP) is 4.12. The molecule has 1 N–H and O–H groups in total. The van der Waals surface area contributed by atoms with Crippen LogP contribution in [0.1, 0.15) is 64.3 Å². The second-order valence-corrected chi connectivity index (χ2v) is 4.93. The number of aromatic nitrogens is 1. The van der Waals surface area contributed by atoms with Gasteiger partial charge in [0.15, 0.2) is 0 Å². The maximum Gasteiger partial charge on any atom is 0.0605 e. The summed E-state index contributed by atoms with van der Waals surface area (Å²) in [5.41, 5.74) is 2.64. The second kappa shape index (κ2) is 8.25. The Labute approximate surface area is 112 Å². The highest BCUT2D eigenvalue weighted by Crippen LogP contribution is 2.26. The second-order valence-electron chi connectivity index (χ2n) is 4.93. The van der Waals surface area contributed by atoms with E-state index in [2.05, 4.69) is 44.1 Å². The minimum Gasteiger partial charge on any atom is -0.309 e. The lowest BCUT2D eigenvalue weighted by molar-refractivity contribution is 0.369. The van der Waals surface area contributed by atoms with Gasteiger partial charge in [-0.2, -0.15) is 0 Å². The van der Waals surface area contributed by atoms with E-state index >= 15 is 0 Å². The first-order valence-electron chi connectivity index (χ1n) is 7.43. The van der Waals surface area contributed by atoms with E-state index < -0.39 is 0 Å². The third-order valence-electron chi connectivity index (χ3n) is 3.81. The molecule has 0 bridgehead atoms. The monoisotopic (exact) mass is 248 g/mol. The summed E-state index contributed by atoms with van der Waals surface area (Å²) in [4.78, 5) is 4.63. The van der Waals surface area contributed by atoms with Crippen LogP contribution in [0.4, 0.5) is 0 Å². The Morgan fingerprint density at radius 1 is 1.17 bits per heavy atom. The number of hydrogen-bond donors (Lipinski definition) is 1. The molecule has 0 amide bonds. The van der Waals surface area contributed by atoms with E-state index in [0.717, 1.165) is 18.9 Å². The van der Waals surface area contributed by atoms with Gasteiger partial charge in [-0.3, -0.25) is 4.98 Å². The fourth-order valence-electron chi connectivity index (χ4n) is 2.56. The molecule has 2 heteroatoms. The van der Waals surface area contributed by atoms with Crippen molar-refractivity contribution in [3.63, 3.8) is 0 Å². The summed E-state index contributed by atoms with van der Waals surface area (Å²) in [5, 5.41) is 3.61. The highest BCUT2D eigenvalue weighted by Gasteiger charge is 2.18. The first-order chi connectivity index (χ1) is 8.76. The molecule has 0 spiro atoms. The predicted molar refractivity (Wildman–Crippen MR) is 78.7 cm³/mol. The lowest BCUT2D eigenvalue weighted by Gasteiger charge is -2.24. The van der Waals surface area contributed by atoms with Crippen LogP contribution in [0.2, 0.25) is 0 Å². The van der Waals surface area contributed by atoms with Crippen molar-refractivity contribution >= 4 is 0 Å². The van der Waals surface area contributed by atoms with Crippen molar-refractivity contribution in [3.8, 4) is 0 Å². The average Bonchev–Trinajstić information content (AvgIpc) is 2.43. The number of pyridine rings is 1. The lowest BCUT2D eigenvalue weighted by Crippen LogP contribution is -2.25. The Morgan fingerprint density at radius 2 is 1.89 bits per heavy atom. The van der Waals surface area contributed by atoms with Crippen molar-refractivity contribution < 1.29 is 0 Å². The van der Waals surface area contributed by atoms with Crippen LogP contribution in [0, 0.1) is 5.92 Å². The molecule has 0 saturated heterocycles. The van der Waals surface area contributed by atoms with Gasteiger partial charge in [0.1, 0.15) is 0 Å². The molecule has 0 fully saturated rings. The van der Waals surface area contributed by atoms with Crippen molar-refractivity contribution in [1.82, 2.24) is 10.3 Å². The van der Waals surface area contributed by atoms with Gasteiger partial charge in [0, 0.05) is 6.20 Å². The van der Waals surface area contributed by atoms with Crippen LogP contribution in [-0.4, -0.2) is 11.5 Å². The summed E-state index contributed by atoms with van der Waals surface area (Å²) in [7, 11) is 0. The molecule has 1 aromatic heterocycles. The molecule has 18 heavy (non-hydrogen) atoms. The Bertz CT molecular complexity index is 332. The van der Waals surface area contributed by atoms with Crippen LogP contribution in [0.3, 0.4) is 0 Å². The molecule has 0 aliphatic carbocycles. The van der Waals surface area contributed by atoms with Gasteiger partial charge in [-0.15, -0.1) is 0 Å².